The molecule has 1 aromatic rings. The van der Waals surface area contributed by atoms with Crippen LogP contribution in [-0.2, 0) is 4.79 Å². The number of carbonyl (C=O) groups excluding carboxylic acids is 1. The average Bonchev–Trinajstić information content (AvgIpc) is 2.87. The Bertz CT molecular complexity index is 519. The van der Waals surface area contributed by atoms with Crippen molar-refractivity contribution in [3.63, 3.8) is 0 Å². The Morgan fingerprint density at radius 1 is 1.35 bits per heavy atom. The van der Waals surface area contributed by atoms with Crippen molar-refractivity contribution in [2.75, 3.05) is 4.90 Å². The Morgan fingerprint density at radius 2 is 2.00 bits per heavy atom. The van der Waals surface area contributed by atoms with Crippen LogP contribution in [0.4, 0.5) is 5.69 Å². The van der Waals surface area contributed by atoms with Crippen molar-refractivity contribution in [1.29, 1.82) is 0 Å². The molecule has 2 aliphatic rings. The van der Waals surface area contributed by atoms with E-state index in [1.54, 1.807) is 0 Å². The first-order chi connectivity index (χ1) is 9.55. The maximum atomic E-state index is 12.8. The summed E-state index contributed by atoms with van der Waals surface area (Å²) in [6, 6.07) is 8.44. The van der Waals surface area contributed by atoms with Crippen molar-refractivity contribution in [3.05, 3.63) is 29.8 Å². The zero-order valence-electron chi connectivity index (χ0n) is 12.2. The van der Waals surface area contributed by atoms with E-state index < -0.39 is 0 Å². The van der Waals surface area contributed by atoms with Gasteiger partial charge >= 0.3 is 0 Å². The van der Waals surface area contributed by atoms with Crippen molar-refractivity contribution < 1.29 is 4.79 Å². The van der Waals surface area contributed by atoms with Crippen LogP contribution in [-0.4, -0.2) is 16.3 Å². The topological polar surface area (TPSA) is 20.3 Å². The van der Waals surface area contributed by atoms with E-state index in [1.165, 1.54) is 18.4 Å². The Labute approximate surface area is 129 Å². The van der Waals surface area contributed by atoms with Crippen molar-refractivity contribution in [3.8, 4) is 0 Å². The lowest BCUT2D eigenvalue weighted by molar-refractivity contribution is -0.119. The van der Waals surface area contributed by atoms with Gasteiger partial charge in [0.25, 0.3) is 0 Å². The van der Waals surface area contributed by atoms with E-state index in [9.17, 15) is 4.79 Å². The normalized spacial score (nSPS) is 25.6. The van der Waals surface area contributed by atoms with Crippen LogP contribution in [0.25, 0.3) is 0 Å². The SMILES string of the molecule is CC(Br)C(=O)N1c2ccccc2C(C)CC12CCCC2. The summed E-state index contributed by atoms with van der Waals surface area (Å²) < 4.78 is 0. The molecule has 1 fully saturated rings. The van der Waals surface area contributed by atoms with Gasteiger partial charge in [-0.15, -0.1) is 0 Å². The fourth-order valence-corrected chi connectivity index (χ4v) is 4.33. The van der Waals surface area contributed by atoms with Gasteiger partial charge in [0.1, 0.15) is 0 Å². The summed E-state index contributed by atoms with van der Waals surface area (Å²) in [7, 11) is 0. The molecular formula is C17H22BrNO. The van der Waals surface area contributed by atoms with E-state index in [2.05, 4.69) is 52.0 Å². The molecule has 108 valence electrons. The van der Waals surface area contributed by atoms with Crippen LogP contribution in [0.2, 0.25) is 0 Å². The molecule has 1 saturated carbocycles. The zero-order chi connectivity index (χ0) is 14.3. The van der Waals surface area contributed by atoms with Gasteiger partial charge in [0.15, 0.2) is 0 Å². The number of hydrogen-bond acceptors (Lipinski definition) is 1. The van der Waals surface area contributed by atoms with Crippen molar-refractivity contribution in [1.82, 2.24) is 0 Å². The van der Waals surface area contributed by atoms with Crippen LogP contribution < -0.4 is 4.90 Å². The molecule has 1 amide bonds. The standard InChI is InChI=1S/C17H22BrNO/c1-12-11-17(9-5-6-10-17)19(16(20)13(2)18)15-8-4-3-7-14(12)15/h3-4,7-8,12-13H,5-6,9-11H2,1-2H3. The molecule has 2 nitrogen and oxygen atoms in total. The number of fused-ring (bicyclic) bond motifs is 1. The third-order valence-electron chi connectivity index (χ3n) is 4.96. The van der Waals surface area contributed by atoms with Crippen LogP contribution in [0.15, 0.2) is 24.3 Å². The minimum Gasteiger partial charge on any atom is -0.305 e. The lowest BCUT2D eigenvalue weighted by Gasteiger charge is -2.48. The number of nitrogens with zero attached hydrogens (tertiary/aromatic N) is 1. The fourth-order valence-electron chi connectivity index (χ4n) is 4.13. The van der Waals surface area contributed by atoms with Crippen LogP contribution in [0.1, 0.15) is 57.4 Å². The van der Waals surface area contributed by atoms with Gasteiger partial charge < -0.3 is 4.90 Å². The molecule has 1 aromatic carbocycles. The smallest absolute Gasteiger partial charge is 0.241 e. The summed E-state index contributed by atoms with van der Waals surface area (Å²) in [6.07, 6.45) is 5.90. The maximum Gasteiger partial charge on any atom is 0.241 e. The van der Waals surface area contributed by atoms with Gasteiger partial charge in [-0.2, -0.15) is 0 Å². The van der Waals surface area contributed by atoms with E-state index >= 15 is 0 Å². The van der Waals surface area contributed by atoms with Gasteiger partial charge in [-0.05, 0) is 43.7 Å². The molecule has 1 spiro atoms. The molecule has 1 aliphatic carbocycles. The quantitative estimate of drug-likeness (QED) is 0.685. The molecule has 1 aliphatic heterocycles. The highest BCUT2D eigenvalue weighted by Crippen LogP contribution is 2.50. The predicted molar refractivity (Wildman–Crippen MR) is 86.5 cm³/mol. The van der Waals surface area contributed by atoms with Crippen LogP contribution in [0.3, 0.4) is 0 Å². The molecule has 3 rings (SSSR count). The second kappa shape index (κ2) is 5.18. The average molecular weight is 336 g/mol. The molecule has 20 heavy (non-hydrogen) atoms. The van der Waals surface area contributed by atoms with Crippen LogP contribution in [0, 0.1) is 0 Å². The molecule has 2 unspecified atom stereocenters. The summed E-state index contributed by atoms with van der Waals surface area (Å²) in [5.74, 6) is 0.755. The van der Waals surface area contributed by atoms with Gasteiger partial charge in [0.05, 0.1) is 4.83 Å². The lowest BCUT2D eigenvalue weighted by Crippen LogP contribution is -2.55. The van der Waals surface area contributed by atoms with Gasteiger partial charge in [-0.25, -0.2) is 0 Å². The highest BCUT2D eigenvalue weighted by molar-refractivity contribution is 9.10. The van der Waals surface area contributed by atoms with E-state index in [0.29, 0.717) is 5.92 Å². The highest BCUT2D eigenvalue weighted by atomic mass is 79.9. The number of anilines is 1. The highest BCUT2D eigenvalue weighted by Gasteiger charge is 2.48. The Kier molecular flexibility index (Phi) is 3.65. The first-order valence-electron chi connectivity index (χ1n) is 7.62. The monoisotopic (exact) mass is 335 g/mol. The summed E-state index contributed by atoms with van der Waals surface area (Å²) in [5, 5.41) is 0. The van der Waals surface area contributed by atoms with Crippen LogP contribution in [0.5, 0.6) is 0 Å². The van der Waals surface area contributed by atoms with E-state index in [4.69, 9.17) is 0 Å². The molecule has 1 heterocycles. The van der Waals surface area contributed by atoms with Crippen molar-refractivity contribution >= 4 is 27.5 Å². The first kappa shape index (κ1) is 14.1. The Hall–Kier alpha value is -0.830. The third-order valence-corrected chi connectivity index (χ3v) is 5.36. The summed E-state index contributed by atoms with van der Waals surface area (Å²) >= 11 is 3.48. The number of amides is 1. The zero-order valence-corrected chi connectivity index (χ0v) is 13.8. The molecule has 0 N–H and O–H groups in total. The van der Waals surface area contributed by atoms with Crippen molar-refractivity contribution in [2.45, 2.75) is 62.2 Å². The number of hydrogen-bond donors (Lipinski definition) is 0. The molecule has 2 atom stereocenters. The van der Waals surface area contributed by atoms with Crippen molar-refractivity contribution in [2.24, 2.45) is 0 Å². The number of rotatable bonds is 1. The molecule has 0 aromatic heterocycles. The number of carbonyl (C=O) groups is 1. The van der Waals surface area contributed by atoms with Gasteiger partial charge in [-0.1, -0.05) is 53.9 Å². The summed E-state index contributed by atoms with van der Waals surface area (Å²) in [4.78, 5) is 14.8. The van der Waals surface area contributed by atoms with Gasteiger partial charge in [0.2, 0.25) is 5.91 Å². The molecule has 0 radical (unpaired) electrons. The summed E-state index contributed by atoms with van der Waals surface area (Å²) in [6.45, 7) is 4.24. The van der Waals surface area contributed by atoms with E-state index in [1.807, 2.05) is 6.92 Å². The first-order valence-corrected chi connectivity index (χ1v) is 8.54. The molecule has 0 saturated heterocycles. The minimum absolute atomic E-state index is 0.0624. The number of halogens is 1. The number of para-hydroxylation sites is 1. The predicted octanol–water partition coefficient (Wildman–Crippen LogP) is 4.62. The maximum absolute atomic E-state index is 12.8. The molecular weight excluding hydrogens is 314 g/mol. The fraction of sp³-hybridized carbons (Fsp3) is 0.588. The Morgan fingerprint density at radius 3 is 2.65 bits per heavy atom. The second-order valence-corrected chi connectivity index (χ2v) is 7.76. The number of alkyl halides is 1. The minimum atomic E-state index is -0.124. The summed E-state index contributed by atoms with van der Waals surface area (Å²) in [5.41, 5.74) is 2.53. The van der Waals surface area contributed by atoms with Gasteiger partial charge in [0, 0.05) is 11.2 Å². The van der Waals surface area contributed by atoms with E-state index in [0.717, 1.165) is 24.9 Å². The second-order valence-electron chi connectivity index (χ2n) is 6.39. The lowest BCUT2D eigenvalue weighted by atomic mass is 9.76. The largest absolute Gasteiger partial charge is 0.305 e. The van der Waals surface area contributed by atoms with Crippen LogP contribution >= 0.6 is 15.9 Å². The molecule has 0 bridgehead atoms. The Balaban J connectivity index is 2.13. The van der Waals surface area contributed by atoms with E-state index in [-0.39, 0.29) is 16.3 Å². The third kappa shape index (κ3) is 2.11. The molecule has 3 heteroatoms. The number of benzene rings is 1. The van der Waals surface area contributed by atoms with Gasteiger partial charge in [-0.3, -0.25) is 4.79 Å².